The van der Waals surface area contributed by atoms with Gasteiger partial charge in [0.25, 0.3) is 5.91 Å². The van der Waals surface area contributed by atoms with E-state index in [2.05, 4.69) is 31.0 Å². The minimum absolute atomic E-state index is 0.242. The summed E-state index contributed by atoms with van der Waals surface area (Å²) in [5.41, 5.74) is 7.75. The number of hydrogen-bond acceptors (Lipinski definition) is 5. The molecular formula is C18H18FN7O. The van der Waals surface area contributed by atoms with Crippen LogP contribution in [0.25, 0.3) is 21.8 Å². The van der Waals surface area contributed by atoms with Crippen molar-refractivity contribution in [2.24, 2.45) is 5.73 Å². The van der Waals surface area contributed by atoms with Crippen LogP contribution >= 0.6 is 0 Å². The van der Waals surface area contributed by atoms with Crippen LogP contribution in [0.5, 0.6) is 0 Å². The molecule has 138 valence electrons. The van der Waals surface area contributed by atoms with E-state index >= 15 is 0 Å². The molecule has 0 aliphatic rings. The number of nitrogens with one attached hydrogen (secondary N) is 4. The lowest BCUT2D eigenvalue weighted by molar-refractivity contribution is 0.0950. The standard InChI is InChI=1S/C18H18FN7O/c19-10-3-1-4-11(9-10)22-17-14-13(23-26-17)6-5-12-15(14)24-25-16(12)18(27)21-8-2-7-20/h1,3-6,9H,2,7-8,20H2,(H,21,27)(H,24,25)(H2,22,23,26). The van der Waals surface area contributed by atoms with Crippen LogP contribution in [-0.2, 0) is 0 Å². The Balaban J connectivity index is 1.73. The maximum Gasteiger partial charge on any atom is 0.269 e. The molecular weight excluding hydrogens is 349 g/mol. The molecule has 1 amide bonds. The molecule has 2 aromatic carbocycles. The zero-order valence-corrected chi connectivity index (χ0v) is 14.3. The molecule has 8 nitrogen and oxygen atoms in total. The van der Waals surface area contributed by atoms with Crippen LogP contribution in [0.15, 0.2) is 36.4 Å². The fourth-order valence-corrected chi connectivity index (χ4v) is 2.94. The van der Waals surface area contributed by atoms with Gasteiger partial charge < -0.3 is 16.4 Å². The summed E-state index contributed by atoms with van der Waals surface area (Å²) in [5, 5.41) is 21.6. The summed E-state index contributed by atoms with van der Waals surface area (Å²) >= 11 is 0. The molecule has 6 N–H and O–H groups in total. The van der Waals surface area contributed by atoms with Crippen molar-refractivity contribution in [1.82, 2.24) is 25.7 Å². The maximum absolute atomic E-state index is 13.4. The zero-order valence-electron chi connectivity index (χ0n) is 14.3. The maximum atomic E-state index is 13.4. The molecule has 0 saturated carbocycles. The van der Waals surface area contributed by atoms with Crippen LogP contribution in [0.2, 0.25) is 0 Å². The van der Waals surface area contributed by atoms with Gasteiger partial charge in [0.15, 0.2) is 5.82 Å². The summed E-state index contributed by atoms with van der Waals surface area (Å²) in [7, 11) is 0. The van der Waals surface area contributed by atoms with E-state index in [0.29, 0.717) is 53.0 Å². The largest absolute Gasteiger partial charge is 0.351 e. The number of fused-ring (bicyclic) bond motifs is 3. The first kappa shape index (κ1) is 17.0. The van der Waals surface area contributed by atoms with Gasteiger partial charge in [-0.15, -0.1) is 0 Å². The zero-order chi connectivity index (χ0) is 18.8. The number of aromatic nitrogens is 4. The summed E-state index contributed by atoms with van der Waals surface area (Å²) in [6, 6.07) is 9.73. The number of halogens is 1. The second-order valence-corrected chi connectivity index (χ2v) is 6.09. The van der Waals surface area contributed by atoms with E-state index in [1.807, 2.05) is 12.1 Å². The summed E-state index contributed by atoms with van der Waals surface area (Å²) in [5.74, 6) is -0.0857. The van der Waals surface area contributed by atoms with Crippen LogP contribution in [0.3, 0.4) is 0 Å². The fraction of sp³-hybridized carbons (Fsp3) is 0.167. The predicted octanol–water partition coefficient (Wildman–Crippen LogP) is 2.40. The molecule has 0 aliphatic heterocycles. The normalized spacial score (nSPS) is 11.2. The van der Waals surface area contributed by atoms with E-state index in [1.54, 1.807) is 12.1 Å². The van der Waals surface area contributed by atoms with E-state index in [1.165, 1.54) is 12.1 Å². The molecule has 0 fully saturated rings. The molecule has 2 aromatic heterocycles. The SMILES string of the molecule is NCCCNC(=O)c1[nH]nc2c1ccc1[nH]nc(Nc3cccc(F)c3)c12. The van der Waals surface area contributed by atoms with Crippen LogP contribution in [-0.4, -0.2) is 39.4 Å². The second kappa shape index (κ2) is 7.04. The summed E-state index contributed by atoms with van der Waals surface area (Å²) in [4.78, 5) is 12.4. The Bertz CT molecular complexity index is 1120. The minimum atomic E-state index is -0.346. The predicted molar refractivity (Wildman–Crippen MR) is 101 cm³/mol. The van der Waals surface area contributed by atoms with Crippen molar-refractivity contribution in [2.75, 3.05) is 18.4 Å². The first-order valence-electron chi connectivity index (χ1n) is 8.53. The van der Waals surface area contributed by atoms with Crippen molar-refractivity contribution < 1.29 is 9.18 Å². The van der Waals surface area contributed by atoms with E-state index in [0.717, 1.165) is 5.52 Å². The lowest BCUT2D eigenvalue weighted by Gasteiger charge is -2.04. The molecule has 9 heteroatoms. The van der Waals surface area contributed by atoms with Crippen LogP contribution in [0.4, 0.5) is 15.9 Å². The van der Waals surface area contributed by atoms with Gasteiger partial charge in [0.05, 0.1) is 10.9 Å². The number of benzene rings is 2. The topological polar surface area (TPSA) is 125 Å². The number of H-pyrrole nitrogens is 2. The lowest BCUT2D eigenvalue weighted by atomic mass is 10.1. The van der Waals surface area contributed by atoms with Gasteiger partial charge in [0.1, 0.15) is 17.0 Å². The number of carbonyl (C=O) groups excluding carboxylic acids is 1. The van der Waals surface area contributed by atoms with Gasteiger partial charge >= 0.3 is 0 Å². The number of nitrogens with zero attached hydrogens (tertiary/aromatic N) is 2. The van der Waals surface area contributed by atoms with E-state index in [4.69, 9.17) is 5.73 Å². The average Bonchev–Trinajstić information content (AvgIpc) is 3.26. The summed E-state index contributed by atoms with van der Waals surface area (Å²) in [6.45, 7) is 1.00. The molecule has 0 atom stereocenters. The van der Waals surface area contributed by atoms with Gasteiger partial charge in [0.2, 0.25) is 0 Å². The highest BCUT2D eigenvalue weighted by Gasteiger charge is 2.18. The van der Waals surface area contributed by atoms with Crippen molar-refractivity contribution in [2.45, 2.75) is 6.42 Å². The summed E-state index contributed by atoms with van der Waals surface area (Å²) in [6.07, 6.45) is 0.700. The van der Waals surface area contributed by atoms with Crippen molar-refractivity contribution >= 4 is 39.2 Å². The molecule has 0 aliphatic carbocycles. The number of aromatic amines is 2. The minimum Gasteiger partial charge on any atom is -0.351 e. The van der Waals surface area contributed by atoms with Crippen molar-refractivity contribution in [1.29, 1.82) is 0 Å². The first-order valence-corrected chi connectivity index (χ1v) is 8.53. The Morgan fingerprint density at radius 1 is 1.19 bits per heavy atom. The lowest BCUT2D eigenvalue weighted by Crippen LogP contribution is -2.26. The molecule has 4 aromatic rings. The number of hydrogen-bond donors (Lipinski definition) is 5. The van der Waals surface area contributed by atoms with E-state index < -0.39 is 0 Å². The third-order valence-electron chi connectivity index (χ3n) is 4.23. The van der Waals surface area contributed by atoms with Crippen molar-refractivity contribution in [3.05, 3.63) is 47.9 Å². The highest BCUT2D eigenvalue weighted by atomic mass is 19.1. The molecule has 2 heterocycles. The third kappa shape index (κ3) is 3.20. The fourth-order valence-electron chi connectivity index (χ4n) is 2.94. The van der Waals surface area contributed by atoms with Gasteiger partial charge in [-0.05, 0) is 43.3 Å². The van der Waals surface area contributed by atoms with Gasteiger partial charge in [0, 0.05) is 17.6 Å². The highest BCUT2D eigenvalue weighted by molar-refractivity contribution is 6.15. The quantitative estimate of drug-likeness (QED) is 0.335. The van der Waals surface area contributed by atoms with Gasteiger partial charge in [-0.3, -0.25) is 15.0 Å². The van der Waals surface area contributed by atoms with Gasteiger partial charge in [-0.2, -0.15) is 10.2 Å². The highest BCUT2D eigenvalue weighted by Crippen LogP contribution is 2.31. The van der Waals surface area contributed by atoms with Crippen molar-refractivity contribution in [3.8, 4) is 0 Å². The van der Waals surface area contributed by atoms with Crippen LogP contribution in [0.1, 0.15) is 16.9 Å². The number of nitrogens with two attached hydrogens (primary N) is 1. The van der Waals surface area contributed by atoms with Crippen LogP contribution in [0, 0.1) is 5.82 Å². The van der Waals surface area contributed by atoms with Crippen molar-refractivity contribution in [3.63, 3.8) is 0 Å². The average molecular weight is 367 g/mol. The number of amides is 1. The van der Waals surface area contributed by atoms with Gasteiger partial charge in [-0.1, -0.05) is 6.07 Å². The molecule has 0 bridgehead atoms. The summed E-state index contributed by atoms with van der Waals surface area (Å²) < 4.78 is 13.4. The molecule has 4 rings (SSSR count). The Morgan fingerprint density at radius 2 is 2.07 bits per heavy atom. The third-order valence-corrected chi connectivity index (χ3v) is 4.23. The van der Waals surface area contributed by atoms with Gasteiger partial charge in [-0.25, -0.2) is 4.39 Å². The molecule has 0 spiro atoms. The number of anilines is 2. The Hall–Kier alpha value is -3.46. The van der Waals surface area contributed by atoms with E-state index in [-0.39, 0.29) is 11.7 Å². The monoisotopic (exact) mass is 367 g/mol. The molecule has 0 saturated heterocycles. The Labute approximate surface area is 153 Å². The molecule has 0 radical (unpaired) electrons. The molecule has 0 unspecified atom stereocenters. The Kier molecular flexibility index (Phi) is 4.43. The number of carbonyl (C=O) groups is 1. The first-order chi connectivity index (χ1) is 13.2. The van der Waals surface area contributed by atoms with Crippen LogP contribution < -0.4 is 16.4 Å². The number of rotatable bonds is 6. The second-order valence-electron chi connectivity index (χ2n) is 6.09. The van der Waals surface area contributed by atoms with E-state index in [9.17, 15) is 9.18 Å². The smallest absolute Gasteiger partial charge is 0.269 e. The molecule has 27 heavy (non-hydrogen) atoms. The Morgan fingerprint density at radius 3 is 2.89 bits per heavy atom.